The highest BCUT2D eigenvalue weighted by atomic mass is 35.5. The van der Waals surface area contributed by atoms with Crippen molar-refractivity contribution in [2.24, 2.45) is 0 Å². The lowest BCUT2D eigenvalue weighted by molar-refractivity contribution is -0.138. The Labute approximate surface area is 133 Å². The Morgan fingerprint density at radius 1 is 1.32 bits per heavy atom. The van der Waals surface area contributed by atoms with E-state index in [2.05, 4.69) is 10.2 Å². The molecule has 116 valence electrons. The average Bonchev–Trinajstić information content (AvgIpc) is 2.90. The van der Waals surface area contributed by atoms with Crippen LogP contribution in [0.15, 0.2) is 24.3 Å². The molecule has 0 unspecified atom stereocenters. The monoisotopic (exact) mass is 320 g/mol. The van der Waals surface area contributed by atoms with E-state index >= 15 is 0 Å². The minimum Gasteiger partial charge on any atom is -0.367 e. The van der Waals surface area contributed by atoms with E-state index in [-0.39, 0.29) is 12.5 Å². The van der Waals surface area contributed by atoms with Crippen LogP contribution in [-0.2, 0) is 29.2 Å². The minimum absolute atomic E-state index is 0.0400. The highest BCUT2D eigenvalue weighted by Gasteiger charge is 2.23. The molecule has 1 aliphatic rings. The molecule has 0 radical (unpaired) electrons. The van der Waals surface area contributed by atoms with Crippen LogP contribution in [0.5, 0.6) is 0 Å². The van der Waals surface area contributed by atoms with E-state index in [0.717, 1.165) is 23.8 Å². The maximum absolute atomic E-state index is 12.2. The lowest BCUT2D eigenvalue weighted by Crippen LogP contribution is -2.40. The van der Waals surface area contributed by atoms with Crippen molar-refractivity contribution >= 4 is 17.5 Å². The van der Waals surface area contributed by atoms with E-state index in [1.165, 1.54) is 0 Å². The summed E-state index contributed by atoms with van der Waals surface area (Å²) in [5.74, 6) is 1.67. The number of rotatable bonds is 4. The molecule has 0 atom stereocenters. The number of amides is 1. The van der Waals surface area contributed by atoms with Crippen LogP contribution in [0.3, 0.4) is 0 Å². The summed E-state index contributed by atoms with van der Waals surface area (Å²) in [5.41, 5.74) is 0.881. The van der Waals surface area contributed by atoms with E-state index in [1.54, 1.807) is 4.90 Å². The zero-order valence-electron chi connectivity index (χ0n) is 12.3. The van der Waals surface area contributed by atoms with Crippen molar-refractivity contribution in [3.05, 3.63) is 46.5 Å². The summed E-state index contributed by atoms with van der Waals surface area (Å²) >= 11 is 6.05. The third-order valence-corrected chi connectivity index (χ3v) is 4.10. The van der Waals surface area contributed by atoms with Crippen LogP contribution in [0.2, 0.25) is 5.02 Å². The van der Waals surface area contributed by atoms with Crippen LogP contribution in [-0.4, -0.2) is 38.7 Å². The van der Waals surface area contributed by atoms with Gasteiger partial charge in [-0.1, -0.05) is 29.8 Å². The molecule has 0 aliphatic carbocycles. The Kier molecular flexibility index (Phi) is 4.40. The van der Waals surface area contributed by atoms with Crippen molar-refractivity contribution in [1.29, 1.82) is 0 Å². The predicted molar refractivity (Wildman–Crippen MR) is 81.3 cm³/mol. The van der Waals surface area contributed by atoms with E-state index in [0.29, 0.717) is 24.7 Å². The minimum atomic E-state index is -0.0426. The summed E-state index contributed by atoms with van der Waals surface area (Å²) in [7, 11) is 0. The van der Waals surface area contributed by atoms with Gasteiger partial charge in [-0.3, -0.25) is 4.79 Å². The molecule has 2 heterocycles. The number of nitrogens with zero attached hydrogens (tertiary/aromatic N) is 4. The number of aromatic nitrogens is 3. The third-order valence-electron chi connectivity index (χ3n) is 3.73. The maximum Gasteiger partial charge on any atom is 0.249 e. The van der Waals surface area contributed by atoms with Gasteiger partial charge in [0.05, 0.1) is 13.2 Å². The molecule has 2 aromatic rings. The van der Waals surface area contributed by atoms with Crippen LogP contribution < -0.4 is 0 Å². The second-order valence-electron chi connectivity index (χ2n) is 5.21. The molecule has 1 aromatic carbocycles. The normalized spacial score (nSPS) is 14.0. The van der Waals surface area contributed by atoms with Crippen molar-refractivity contribution in [3.63, 3.8) is 0 Å². The second kappa shape index (κ2) is 6.46. The fraction of sp³-hybridized carbons (Fsp3) is 0.400. The van der Waals surface area contributed by atoms with Gasteiger partial charge in [0.1, 0.15) is 12.4 Å². The average molecular weight is 321 g/mol. The van der Waals surface area contributed by atoms with Crippen LogP contribution in [0.25, 0.3) is 0 Å². The van der Waals surface area contributed by atoms with Gasteiger partial charge in [0.2, 0.25) is 5.91 Å². The van der Waals surface area contributed by atoms with Crippen LogP contribution in [0.4, 0.5) is 0 Å². The number of carbonyl (C=O) groups excluding carboxylic acids is 1. The first-order valence-electron chi connectivity index (χ1n) is 7.13. The van der Waals surface area contributed by atoms with Crippen molar-refractivity contribution in [1.82, 2.24) is 19.7 Å². The van der Waals surface area contributed by atoms with Gasteiger partial charge < -0.3 is 14.2 Å². The van der Waals surface area contributed by atoms with E-state index in [9.17, 15) is 4.79 Å². The SMILES string of the molecule is Cc1nnc2n1CCN(C(=O)COCc1ccccc1Cl)C2. The van der Waals surface area contributed by atoms with E-state index < -0.39 is 0 Å². The lowest BCUT2D eigenvalue weighted by Gasteiger charge is -2.27. The smallest absolute Gasteiger partial charge is 0.249 e. The Balaban J connectivity index is 1.52. The summed E-state index contributed by atoms with van der Waals surface area (Å²) in [6.07, 6.45) is 0. The molecule has 0 N–H and O–H groups in total. The van der Waals surface area contributed by atoms with Gasteiger partial charge in [-0.2, -0.15) is 0 Å². The Bertz CT molecular complexity index is 686. The van der Waals surface area contributed by atoms with Gasteiger partial charge in [-0.15, -0.1) is 10.2 Å². The first-order chi connectivity index (χ1) is 10.6. The molecular weight excluding hydrogens is 304 g/mol. The quantitative estimate of drug-likeness (QED) is 0.862. The van der Waals surface area contributed by atoms with Gasteiger partial charge in [0, 0.05) is 18.1 Å². The number of fused-ring (bicyclic) bond motifs is 1. The summed E-state index contributed by atoms with van der Waals surface area (Å²) in [5, 5.41) is 8.77. The molecule has 1 aromatic heterocycles. The number of hydrogen-bond acceptors (Lipinski definition) is 4. The lowest BCUT2D eigenvalue weighted by atomic mass is 10.2. The van der Waals surface area contributed by atoms with E-state index in [4.69, 9.17) is 16.3 Å². The third kappa shape index (κ3) is 3.13. The van der Waals surface area contributed by atoms with Gasteiger partial charge in [0.15, 0.2) is 5.82 Å². The first kappa shape index (κ1) is 15.0. The fourth-order valence-electron chi connectivity index (χ4n) is 2.47. The summed E-state index contributed by atoms with van der Waals surface area (Å²) in [4.78, 5) is 13.9. The van der Waals surface area contributed by atoms with Crippen LogP contribution >= 0.6 is 11.6 Å². The number of aryl methyl sites for hydroxylation is 1. The Morgan fingerprint density at radius 2 is 2.14 bits per heavy atom. The number of carbonyl (C=O) groups is 1. The number of benzene rings is 1. The molecule has 3 rings (SSSR count). The molecule has 6 nitrogen and oxygen atoms in total. The molecule has 1 amide bonds. The summed E-state index contributed by atoms with van der Waals surface area (Å²) in [6.45, 7) is 4.15. The highest BCUT2D eigenvalue weighted by Crippen LogP contribution is 2.16. The largest absolute Gasteiger partial charge is 0.367 e. The zero-order valence-corrected chi connectivity index (χ0v) is 13.1. The molecule has 22 heavy (non-hydrogen) atoms. The summed E-state index contributed by atoms with van der Waals surface area (Å²) < 4.78 is 7.53. The second-order valence-corrected chi connectivity index (χ2v) is 5.62. The fourth-order valence-corrected chi connectivity index (χ4v) is 2.66. The summed E-state index contributed by atoms with van der Waals surface area (Å²) in [6, 6.07) is 7.45. The molecule has 0 saturated carbocycles. The number of hydrogen-bond donors (Lipinski definition) is 0. The van der Waals surface area contributed by atoms with Crippen LogP contribution in [0, 0.1) is 6.92 Å². The standard InChI is InChI=1S/C15H17ClN4O2/c1-11-17-18-14-8-19(6-7-20(11)14)15(21)10-22-9-12-4-2-3-5-13(12)16/h2-5H,6-10H2,1H3. The molecule has 1 aliphatic heterocycles. The number of ether oxygens (including phenoxy) is 1. The molecular formula is C15H17ClN4O2. The van der Waals surface area contributed by atoms with Crippen molar-refractivity contribution < 1.29 is 9.53 Å². The topological polar surface area (TPSA) is 60.2 Å². The van der Waals surface area contributed by atoms with Gasteiger partial charge in [-0.05, 0) is 18.6 Å². The molecule has 0 saturated heterocycles. The van der Waals surface area contributed by atoms with Gasteiger partial charge in [0.25, 0.3) is 0 Å². The molecule has 0 fully saturated rings. The first-order valence-corrected chi connectivity index (χ1v) is 7.50. The predicted octanol–water partition coefficient (Wildman–Crippen LogP) is 1.80. The maximum atomic E-state index is 12.2. The van der Waals surface area contributed by atoms with Gasteiger partial charge >= 0.3 is 0 Å². The van der Waals surface area contributed by atoms with Crippen molar-refractivity contribution in [2.75, 3.05) is 13.2 Å². The van der Waals surface area contributed by atoms with Crippen molar-refractivity contribution in [2.45, 2.75) is 26.6 Å². The molecule has 7 heteroatoms. The highest BCUT2D eigenvalue weighted by molar-refractivity contribution is 6.31. The van der Waals surface area contributed by atoms with E-state index in [1.807, 2.05) is 35.8 Å². The van der Waals surface area contributed by atoms with Gasteiger partial charge in [-0.25, -0.2) is 0 Å². The molecule has 0 spiro atoms. The van der Waals surface area contributed by atoms with Crippen LogP contribution in [0.1, 0.15) is 17.2 Å². The molecule has 0 bridgehead atoms. The number of halogens is 1. The zero-order chi connectivity index (χ0) is 15.5. The Hall–Kier alpha value is -1.92. The van der Waals surface area contributed by atoms with Crippen molar-refractivity contribution in [3.8, 4) is 0 Å². The Morgan fingerprint density at radius 3 is 2.95 bits per heavy atom.